The van der Waals surface area contributed by atoms with Crippen molar-refractivity contribution >= 4 is 5.91 Å². The first kappa shape index (κ1) is 16.4. The molecule has 1 amide bonds. The van der Waals surface area contributed by atoms with Gasteiger partial charge in [-0.2, -0.15) is 13.2 Å². The number of nitrogens with two attached hydrogens (primary N) is 1. The number of amides is 1. The van der Waals surface area contributed by atoms with Crippen LogP contribution in [0.3, 0.4) is 0 Å². The van der Waals surface area contributed by atoms with Gasteiger partial charge < -0.3 is 4.90 Å². The second-order valence-electron chi connectivity index (χ2n) is 4.38. The van der Waals surface area contributed by atoms with Crippen LogP contribution in [0.1, 0.15) is 22.3 Å². The first-order chi connectivity index (χ1) is 9.23. The second kappa shape index (κ2) is 6.67. The first-order valence-electron chi connectivity index (χ1n) is 5.77. The number of carbonyl (C=O) groups is 1. The van der Waals surface area contributed by atoms with E-state index < -0.39 is 24.3 Å². The Morgan fingerprint density at radius 3 is 2.60 bits per heavy atom. The van der Waals surface area contributed by atoms with Crippen LogP contribution < -0.4 is 11.3 Å². The summed E-state index contributed by atoms with van der Waals surface area (Å²) in [5.74, 6) is 3.78. The number of alkyl halides is 3. The molecule has 112 valence electrons. The van der Waals surface area contributed by atoms with E-state index in [9.17, 15) is 22.4 Å². The number of nitrogens with zero attached hydrogens (tertiary/aromatic N) is 1. The van der Waals surface area contributed by atoms with Crippen LogP contribution in [-0.4, -0.2) is 30.6 Å². The van der Waals surface area contributed by atoms with Gasteiger partial charge in [0, 0.05) is 24.2 Å². The van der Waals surface area contributed by atoms with Crippen LogP contribution in [0, 0.1) is 5.82 Å². The van der Waals surface area contributed by atoms with Gasteiger partial charge in [-0.25, -0.2) is 10.2 Å². The molecule has 0 spiro atoms. The van der Waals surface area contributed by atoms with Gasteiger partial charge in [-0.15, -0.1) is 0 Å². The molecule has 0 bridgehead atoms. The zero-order valence-corrected chi connectivity index (χ0v) is 10.8. The van der Waals surface area contributed by atoms with Crippen LogP contribution >= 0.6 is 0 Å². The molecule has 0 unspecified atom stereocenters. The summed E-state index contributed by atoms with van der Waals surface area (Å²) in [6.45, 7) is -0.288. The molecule has 0 atom stereocenters. The number of carbonyl (C=O) groups excluding carboxylic acids is 1. The Balaban J connectivity index is 2.73. The fourth-order valence-corrected chi connectivity index (χ4v) is 1.61. The predicted molar refractivity (Wildman–Crippen MR) is 65.1 cm³/mol. The van der Waals surface area contributed by atoms with Crippen LogP contribution in [0.15, 0.2) is 18.2 Å². The topological polar surface area (TPSA) is 58.4 Å². The normalized spacial score (nSPS) is 11.8. The Bertz CT molecular complexity index is 476. The van der Waals surface area contributed by atoms with Gasteiger partial charge in [0.05, 0.1) is 6.42 Å². The van der Waals surface area contributed by atoms with E-state index in [4.69, 9.17) is 5.84 Å². The number of hydrazine groups is 1. The SMILES string of the molecule is CN(CCC(F)(F)F)Cc1cc(C(=O)NN)ccc1F. The summed E-state index contributed by atoms with van der Waals surface area (Å²) in [7, 11) is 1.45. The monoisotopic (exact) mass is 293 g/mol. The minimum Gasteiger partial charge on any atom is -0.302 e. The van der Waals surface area contributed by atoms with Gasteiger partial charge in [0.1, 0.15) is 5.82 Å². The van der Waals surface area contributed by atoms with Crippen molar-refractivity contribution in [2.75, 3.05) is 13.6 Å². The van der Waals surface area contributed by atoms with Crippen molar-refractivity contribution in [1.82, 2.24) is 10.3 Å². The van der Waals surface area contributed by atoms with Crippen molar-refractivity contribution in [3.8, 4) is 0 Å². The summed E-state index contributed by atoms with van der Waals surface area (Å²) >= 11 is 0. The maximum atomic E-state index is 13.6. The Hall–Kier alpha value is -1.67. The van der Waals surface area contributed by atoms with Crippen molar-refractivity contribution in [3.05, 3.63) is 35.1 Å². The van der Waals surface area contributed by atoms with Crippen molar-refractivity contribution in [3.63, 3.8) is 0 Å². The Labute approximate surface area is 113 Å². The minimum absolute atomic E-state index is 0.0341. The molecule has 4 nitrogen and oxygen atoms in total. The van der Waals surface area contributed by atoms with Crippen molar-refractivity contribution in [2.24, 2.45) is 5.84 Å². The molecule has 8 heteroatoms. The van der Waals surface area contributed by atoms with E-state index in [2.05, 4.69) is 0 Å². The maximum absolute atomic E-state index is 13.6. The lowest BCUT2D eigenvalue weighted by Gasteiger charge is -2.18. The van der Waals surface area contributed by atoms with E-state index in [0.29, 0.717) is 0 Å². The summed E-state index contributed by atoms with van der Waals surface area (Å²) in [5.41, 5.74) is 2.18. The third-order valence-corrected chi connectivity index (χ3v) is 2.66. The molecule has 1 aromatic rings. The van der Waals surface area contributed by atoms with Crippen LogP contribution in [0.5, 0.6) is 0 Å². The molecule has 3 N–H and O–H groups in total. The smallest absolute Gasteiger partial charge is 0.302 e. The Morgan fingerprint density at radius 1 is 1.40 bits per heavy atom. The lowest BCUT2D eigenvalue weighted by molar-refractivity contribution is -0.137. The number of benzene rings is 1. The fourth-order valence-electron chi connectivity index (χ4n) is 1.61. The van der Waals surface area contributed by atoms with Gasteiger partial charge in [0.25, 0.3) is 5.91 Å². The standard InChI is InChI=1S/C12H15F4N3O/c1-19(5-4-12(14,15)16)7-9-6-8(11(20)18-17)2-3-10(9)13/h2-3,6H,4-5,7,17H2,1H3,(H,18,20). The Kier molecular flexibility index (Phi) is 5.46. The second-order valence-corrected chi connectivity index (χ2v) is 4.38. The summed E-state index contributed by atoms with van der Waals surface area (Å²) in [4.78, 5) is 12.6. The molecule has 0 fully saturated rings. The van der Waals surface area contributed by atoms with Crippen molar-refractivity contribution < 1.29 is 22.4 Å². The van der Waals surface area contributed by atoms with Gasteiger partial charge in [-0.3, -0.25) is 10.2 Å². The van der Waals surface area contributed by atoms with Gasteiger partial charge in [0.15, 0.2) is 0 Å². The van der Waals surface area contributed by atoms with E-state index in [0.717, 1.165) is 6.07 Å². The molecule has 1 aromatic carbocycles. The van der Waals surface area contributed by atoms with Crippen LogP contribution in [0.25, 0.3) is 0 Å². The molecule has 1 rings (SSSR count). The van der Waals surface area contributed by atoms with Crippen LogP contribution in [0.2, 0.25) is 0 Å². The lowest BCUT2D eigenvalue weighted by atomic mass is 10.1. The van der Waals surface area contributed by atoms with E-state index >= 15 is 0 Å². The van der Waals surface area contributed by atoms with Gasteiger partial charge >= 0.3 is 6.18 Å². The number of hydrogen-bond acceptors (Lipinski definition) is 3. The van der Waals surface area contributed by atoms with E-state index in [1.54, 1.807) is 0 Å². The van der Waals surface area contributed by atoms with Crippen LogP contribution in [-0.2, 0) is 6.54 Å². The number of rotatable bonds is 5. The zero-order chi connectivity index (χ0) is 15.3. The van der Waals surface area contributed by atoms with Crippen molar-refractivity contribution in [1.29, 1.82) is 0 Å². The summed E-state index contributed by atoms with van der Waals surface area (Å²) < 4.78 is 49.8. The number of nitrogen functional groups attached to an aromatic ring is 1. The maximum Gasteiger partial charge on any atom is 0.390 e. The molecule has 0 aliphatic carbocycles. The Morgan fingerprint density at radius 2 is 2.05 bits per heavy atom. The van der Waals surface area contributed by atoms with Crippen molar-refractivity contribution in [2.45, 2.75) is 19.1 Å². The van der Waals surface area contributed by atoms with Gasteiger partial charge in [-0.05, 0) is 25.2 Å². The highest BCUT2D eigenvalue weighted by atomic mass is 19.4. The molecule has 20 heavy (non-hydrogen) atoms. The van der Waals surface area contributed by atoms with E-state index in [1.165, 1.54) is 24.1 Å². The molecule has 0 heterocycles. The summed E-state index contributed by atoms with van der Waals surface area (Å²) in [6, 6.07) is 3.59. The average molecular weight is 293 g/mol. The van der Waals surface area contributed by atoms with Gasteiger partial charge in [-0.1, -0.05) is 0 Å². The number of halogens is 4. The molecule has 0 aliphatic rings. The van der Waals surface area contributed by atoms with E-state index in [1.807, 2.05) is 5.43 Å². The molecule has 0 aliphatic heterocycles. The molecule has 0 saturated heterocycles. The zero-order valence-electron chi connectivity index (χ0n) is 10.8. The fraction of sp³-hybridized carbons (Fsp3) is 0.417. The highest BCUT2D eigenvalue weighted by molar-refractivity contribution is 5.93. The quantitative estimate of drug-likeness (QED) is 0.377. The first-order valence-corrected chi connectivity index (χ1v) is 5.77. The molecule has 0 aromatic heterocycles. The number of nitrogens with one attached hydrogen (secondary N) is 1. The van der Waals surface area contributed by atoms with Gasteiger partial charge in [0.2, 0.25) is 0 Å². The molecular weight excluding hydrogens is 278 g/mol. The lowest BCUT2D eigenvalue weighted by Crippen LogP contribution is -2.30. The highest BCUT2D eigenvalue weighted by Gasteiger charge is 2.27. The van der Waals surface area contributed by atoms with Crippen LogP contribution in [0.4, 0.5) is 17.6 Å². The number of hydrogen-bond donors (Lipinski definition) is 2. The summed E-state index contributed by atoms with van der Waals surface area (Å²) in [6.07, 6.45) is -5.23. The average Bonchev–Trinajstić information content (AvgIpc) is 2.37. The summed E-state index contributed by atoms with van der Waals surface area (Å²) in [5, 5.41) is 0. The largest absolute Gasteiger partial charge is 0.390 e. The molecule has 0 radical (unpaired) electrons. The molecule has 0 saturated carbocycles. The molecular formula is C12H15F4N3O. The minimum atomic E-state index is -4.26. The third kappa shape index (κ3) is 5.14. The highest BCUT2D eigenvalue weighted by Crippen LogP contribution is 2.20. The predicted octanol–water partition coefficient (Wildman–Crippen LogP) is 1.81. The van der Waals surface area contributed by atoms with E-state index in [-0.39, 0.29) is 24.2 Å². The third-order valence-electron chi connectivity index (χ3n) is 2.66.